The maximum absolute atomic E-state index is 9.64. The molecule has 0 amide bonds. The zero-order chi connectivity index (χ0) is 18.3. The molecule has 5 heteroatoms. The van der Waals surface area contributed by atoms with Crippen molar-refractivity contribution >= 4 is 33.1 Å². The van der Waals surface area contributed by atoms with Crippen LogP contribution in [0.25, 0.3) is 21.3 Å². The molecule has 0 radical (unpaired) electrons. The van der Waals surface area contributed by atoms with Crippen LogP contribution in [-0.2, 0) is 0 Å². The molecule has 0 saturated heterocycles. The molecule has 2 heterocycles. The Hall–Kier alpha value is -2.92. The lowest BCUT2D eigenvalue weighted by atomic mass is 10.0. The number of phenols is 1. The van der Waals surface area contributed by atoms with E-state index in [-0.39, 0.29) is 5.75 Å². The summed E-state index contributed by atoms with van der Waals surface area (Å²) in [4.78, 5) is 11.2. The number of nitrogens with zero attached hydrogens (tertiary/aromatic N) is 2. The first-order valence-corrected chi connectivity index (χ1v) is 9.22. The zero-order valence-corrected chi connectivity index (χ0v) is 15.7. The van der Waals surface area contributed by atoms with Crippen molar-refractivity contribution in [2.75, 3.05) is 5.32 Å². The molecular formula is C21H19N3OS. The van der Waals surface area contributed by atoms with Crippen molar-refractivity contribution in [2.45, 2.75) is 20.8 Å². The number of hydrogen-bond acceptors (Lipinski definition) is 5. The first-order valence-electron chi connectivity index (χ1n) is 8.40. The molecule has 0 fully saturated rings. The topological polar surface area (TPSA) is 58.0 Å². The van der Waals surface area contributed by atoms with Gasteiger partial charge in [-0.2, -0.15) is 0 Å². The number of thiophene rings is 1. The Labute approximate surface area is 156 Å². The normalized spacial score (nSPS) is 11.0. The molecule has 0 atom stereocenters. The van der Waals surface area contributed by atoms with E-state index in [1.807, 2.05) is 13.0 Å². The third kappa shape index (κ3) is 2.91. The number of aromatic nitrogens is 2. The van der Waals surface area contributed by atoms with Crippen LogP contribution in [0.2, 0.25) is 0 Å². The number of aromatic hydroxyl groups is 1. The quantitative estimate of drug-likeness (QED) is 0.457. The van der Waals surface area contributed by atoms with Gasteiger partial charge < -0.3 is 10.4 Å². The van der Waals surface area contributed by atoms with E-state index in [4.69, 9.17) is 0 Å². The molecule has 2 aromatic carbocycles. The lowest BCUT2D eigenvalue weighted by molar-refractivity contribution is 0.475. The molecule has 0 aliphatic rings. The van der Waals surface area contributed by atoms with E-state index in [9.17, 15) is 5.11 Å². The number of fused-ring (bicyclic) bond motifs is 1. The second kappa shape index (κ2) is 6.42. The summed E-state index contributed by atoms with van der Waals surface area (Å²) in [5, 5.41) is 14.1. The van der Waals surface area contributed by atoms with E-state index in [1.165, 1.54) is 21.6 Å². The van der Waals surface area contributed by atoms with Crippen LogP contribution in [0.5, 0.6) is 5.75 Å². The van der Waals surface area contributed by atoms with Crippen molar-refractivity contribution in [3.8, 4) is 16.9 Å². The monoisotopic (exact) mass is 361 g/mol. The number of anilines is 2. The van der Waals surface area contributed by atoms with Crippen molar-refractivity contribution in [2.24, 2.45) is 0 Å². The first kappa shape index (κ1) is 16.5. The van der Waals surface area contributed by atoms with E-state index in [0.717, 1.165) is 27.3 Å². The van der Waals surface area contributed by atoms with E-state index < -0.39 is 0 Å². The predicted octanol–water partition coefficient (Wildman–Crippen LogP) is 5.73. The fraction of sp³-hybridized carbons (Fsp3) is 0.143. The van der Waals surface area contributed by atoms with Crippen molar-refractivity contribution < 1.29 is 5.11 Å². The maximum Gasteiger partial charge on any atom is 0.143 e. The van der Waals surface area contributed by atoms with Crippen LogP contribution in [0.1, 0.15) is 16.0 Å². The third-order valence-electron chi connectivity index (χ3n) is 4.47. The minimum Gasteiger partial charge on any atom is -0.508 e. The van der Waals surface area contributed by atoms with E-state index in [2.05, 4.69) is 53.4 Å². The molecule has 2 aromatic heterocycles. The summed E-state index contributed by atoms with van der Waals surface area (Å²) in [6, 6.07) is 13.8. The average Bonchev–Trinajstić information content (AvgIpc) is 2.95. The largest absolute Gasteiger partial charge is 0.508 e. The Morgan fingerprint density at radius 1 is 0.962 bits per heavy atom. The molecule has 0 bridgehead atoms. The highest BCUT2D eigenvalue weighted by molar-refractivity contribution is 7.19. The van der Waals surface area contributed by atoms with E-state index in [0.29, 0.717) is 0 Å². The minimum atomic E-state index is 0.257. The van der Waals surface area contributed by atoms with Gasteiger partial charge in [-0.05, 0) is 50.1 Å². The third-order valence-corrected chi connectivity index (χ3v) is 5.48. The van der Waals surface area contributed by atoms with Crippen molar-refractivity contribution in [1.29, 1.82) is 0 Å². The van der Waals surface area contributed by atoms with Gasteiger partial charge in [0.25, 0.3) is 0 Å². The minimum absolute atomic E-state index is 0.257. The fourth-order valence-corrected chi connectivity index (χ4v) is 4.14. The van der Waals surface area contributed by atoms with Crippen molar-refractivity contribution in [3.63, 3.8) is 0 Å². The molecule has 4 nitrogen and oxygen atoms in total. The number of phenolic OH excluding ortho intramolecular Hbond substituents is 1. The number of hydrogen-bond donors (Lipinski definition) is 2. The predicted molar refractivity (Wildman–Crippen MR) is 108 cm³/mol. The molecule has 0 spiro atoms. The SMILES string of the molecule is Cc1ccc(-c2c(C)sc3ncnc(Nc4ccc(O)cc4C)c23)cc1. The number of aryl methyl sites for hydroxylation is 3. The van der Waals surface area contributed by atoms with Gasteiger partial charge >= 0.3 is 0 Å². The standard InChI is InChI=1S/C21H19N3OS/c1-12-4-6-15(7-5-12)18-14(3)26-21-19(18)20(22-11-23-21)24-17-9-8-16(25)10-13(17)2/h4-11,25H,1-3H3,(H,22,23,24). The second-order valence-electron chi connectivity index (χ2n) is 6.43. The highest BCUT2D eigenvalue weighted by Gasteiger charge is 2.17. The lowest BCUT2D eigenvalue weighted by Gasteiger charge is -2.11. The summed E-state index contributed by atoms with van der Waals surface area (Å²) < 4.78 is 0. The highest BCUT2D eigenvalue weighted by Crippen LogP contribution is 2.41. The van der Waals surface area contributed by atoms with Gasteiger partial charge in [0, 0.05) is 16.1 Å². The molecular weight excluding hydrogens is 342 g/mol. The van der Waals surface area contributed by atoms with Crippen LogP contribution >= 0.6 is 11.3 Å². The first-order chi connectivity index (χ1) is 12.5. The molecule has 0 aliphatic carbocycles. The summed E-state index contributed by atoms with van der Waals surface area (Å²) in [7, 11) is 0. The molecule has 0 saturated carbocycles. The molecule has 26 heavy (non-hydrogen) atoms. The molecule has 0 aliphatic heterocycles. The van der Waals surface area contributed by atoms with Gasteiger partial charge in [-0.3, -0.25) is 0 Å². The summed E-state index contributed by atoms with van der Waals surface area (Å²) in [5.74, 6) is 1.04. The number of benzene rings is 2. The second-order valence-corrected chi connectivity index (χ2v) is 7.63. The van der Waals surface area contributed by atoms with Crippen LogP contribution < -0.4 is 5.32 Å². The van der Waals surface area contributed by atoms with Gasteiger partial charge in [-0.25, -0.2) is 9.97 Å². The van der Waals surface area contributed by atoms with Crippen LogP contribution in [0.3, 0.4) is 0 Å². The Morgan fingerprint density at radius 3 is 2.46 bits per heavy atom. The highest BCUT2D eigenvalue weighted by atomic mass is 32.1. The fourth-order valence-electron chi connectivity index (χ4n) is 3.12. The lowest BCUT2D eigenvalue weighted by Crippen LogP contribution is -1.97. The van der Waals surface area contributed by atoms with Gasteiger partial charge in [0.05, 0.1) is 5.39 Å². The van der Waals surface area contributed by atoms with Crippen LogP contribution in [0, 0.1) is 20.8 Å². The molecule has 2 N–H and O–H groups in total. The van der Waals surface area contributed by atoms with E-state index in [1.54, 1.807) is 29.8 Å². The molecule has 4 aromatic rings. The van der Waals surface area contributed by atoms with E-state index >= 15 is 0 Å². The smallest absolute Gasteiger partial charge is 0.143 e. The zero-order valence-electron chi connectivity index (χ0n) is 14.9. The average molecular weight is 361 g/mol. The summed E-state index contributed by atoms with van der Waals surface area (Å²) in [6.45, 7) is 6.17. The number of rotatable bonds is 3. The van der Waals surface area contributed by atoms with Crippen LogP contribution in [0.4, 0.5) is 11.5 Å². The van der Waals surface area contributed by atoms with Gasteiger partial charge in [0.1, 0.15) is 22.7 Å². The summed E-state index contributed by atoms with van der Waals surface area (Å²) in [6.07, 6.45) is 1.59. The number of nitrogens with one attached hydrogen (secondary N) is 1. The molecule has 0 unspecified atom stereocenters. The Morgan fingerprint density at radius 2 is 1.73 bits per heavy atom. The van der Waals surface area contributed by atoms with Gasteiger partial charge in [-0.1, -0.05) is 29.8 Å². The maximum atomic E-state index is 9.64. The van der Waals surface area contributed by atoms with Gasteiger partial charge in [-0.15, -0.1) is 11.3 Å². The van der Waals surface area contributed by atoms with Crippen LogP contribution in [-0.4, -0.2) is 15.1 Å². The molecule has 130 valence electrons. The Balaban J connectivity index is 1.89. The van der Waals surface area contributed by atoms with Gasteiger partial charge in [0.15, 0.2) is 0 Å². The summed E-state index contributed by atoms with van der Waals surface area (Å²) >= 11 is 1.68. The summed E-state index contributed by atoms with van der Waals surface area (Å²) in [5.41, 5.74) is 5.45. The Kier molecular flexibility index (Phi) is 4.09. The van der Waals surface area contributed by atoms with Crippen molar-refractivity contribution in [1.82, 2.24) is 9.97 Å². The van der Waals surface area contributed by atoms with Gasteiger partial charge in [0.2, 0.25) is 0 Å². The molecule has 4 rings (SSSR count). The Bertz CT molecular complexity index is 1100. The van der Waals surface area contributed by atoms with Crippen molar-refractivity contribution in [3.05, 3.63) is 64.8 Å². The van der Waals surface area contributed by atoms with Crippen LogP contribution in [0.15, 0.2) is 48.8 Å².